The van der Waals surface area contributed by atoms with Crippen LogP contribution in [0.4, 0.5) is 5.82 Å². The first kappa shape index (κ1) is 13.5. The number of hydrogen-bond acceptors (Lipinski definition) is 5. The van der Waals surface area contributed by atoms with Gasteiger partial charge in [-0.3, -0.25) is 0 Å². The molecule has 0 radical (unpaired) electrons. The van der Waals surface area contributed by atoms with Crippen LogP contribution in [0, 0.1) is 13.8 Å². The lowest BCUT2D eigenvalue weighted by molar-refractivity contribution is 0.542. The van der Waals surface area contributed by atoms with Crippen LogP contribution in [0.15, 0.2) is 12.4 Å². The number of aromatic nitrogens is 4. The molecule has 0 aliphatic rings. The van der Waals surface area contributed by atoms with Gasteiger partial charge < -0.3 is 5.43 Å². The SMILES string of the molecule is Cc1cnn(-c2nc(C(C)(C)C)nc(NN)c2C)c1. The summed E-state index contributed by atoms with van der Waals surface area (Å²) in [6, 6.07) is 0. The maximum absolute atomic E-state index is 5.55. The summed E-state index contributed by atoms with van der Waals surface area (Å²) in [4.78, 5) is 9.10. The van der Waals surface area contributed by atoms with Gasteiger partial charge in [0.1, 0.15) is 11.6 Å². The lowest BCUT2D eigenvalue weighted by Gasteiger charge is -2.20. The standard InChI is InChI=1S/C13H20N6/c1-8-6-15-19(7-8)11-9(2)10(18-14)16-12(17-11)13(3,4)5/h6-7H,14H2,1-5H3,(H,16,17,18). The first-order valence-electron chi connectivity index (χ1n) is 6.20. The Morgan fingerprint density at radius 3 is 2.37 bits per heavy atom. The summed E-state index contributed by atoms with van der Waals surface area (Å²) in [5, 5.41) is 4.30. The van der Waals surface area contributed by atoms with E-state index in [9.17, 15) is 0 Å². The third-order valence-electron chi connectivity index (χ3n) is 2.86. The van der Waals surface area contributed by atoms with Crippen LogP contribution in [0.2, 0.25) is 0 Å². The minimum atomic E-state index is -0.157. The quantitative estimate of drug-likeness (QED) is 0.636. The summed E-state index contributed by atoms with van der Waals surface area (Å²) in [5.41, 5.74) is 4.43. The van der Waals surface area contributed by atoms with Crippen molar-refractivity contribution >= 4 is 5.82 Å². The molecule has 0 aromatic carbocycles. The van der Waals surface area contributed by atoms with Crippen LogP contribution in [0.1, 0.15) is 37.7 Å². The highest BCUT2D eigenvalue weighted by Gasteiger charge is 2.21. The highest BCUT2D eigenvalue weighted by atomic mass is 15.3. The van der Waals surface area contributed by atoms with E-state index in [1.165, 1.54) is 0 Å². The number of nitrogens with zero attached hydrogens (tertiary/aromatic N) is 4. The van der Waals surface area contributed by atoms with Crippen molar-refractivity contribution in [3.63, 3.8) is 0 Å². The zero-order valence-corrected chi connectivity index (χ0v) is 12.0. The lowest BCUT2D eigenvalue weighted by Crippen LogP contribution is -2.21. The van der Waals surface area contributed by atoms with E-state index < -0.39 is 0 Å². The highest BCUT2D eigenvalue weighted by molar-refractivity contribution is 5.51. The Balaban J connectivity index is 2.65. The van der Waals surface area contributed by atoms with E-state index in [1.54, 1.807) is 10.9 Å². The van der Waals surface area contributed by atoms with E-state index in [4.69, 9.17) is 5.84 Å². The lowest BCUT2D eigenvalue weighted by atomic mass is 9.95. The zero-order valence-electron chi connectivity index (χ0n) is 12.0. The molecule has 102 valence electrons. The van der Waals surface area contributed by atoms with Crippen molar-refractivity contribution < 1.29 is 0 Å². The predicted octanol–water partition coefficient (Wildman–Crippen LogP) is 1.86. The van der Waals surface area contributed by atoms with Gasteiger partial charge >= 0.3 is 0 Å². The summed E-state index contributed by atoms with van der Waals surface area (Å²) in [6.07, 6.45) is 3.73. The van der Waals surface area contributed by atoms with Crippen molar-refractivity contribution in [2.75, 3.05) is 5.43 Å². The molecule has 0 aliphatic carbocycles. The van der Waals surface area contributed by atoms with Gasteiger partial charge in [-0.05, 0) is 19.4 Å². The molecule has 0 fully saturated rings. The van der Waals surface area contributed by atoms with Crippen molar-refractivity contribution in [2.45, 2.75) is 40.0 Å². The van der Waals surface area contributed by atoms with Crippen molar-refractivity contribution in [1.29, 1.82) is 0 Å². The maximum atomic E-state index is 5.55. The molecular formula is C13H20N6. The third-order valence-corrected chi connectivity index (χ3v) is 2.86. The van der Waals surface area contributed by atoms with Gasteiger partial charge in [-0.15, -0.1) is 0 Å². The van der Waals surface area contributed by atoms with Gasteiger partial charge in [0.25, 0.3) is 0 Å². The molecule has 0 aliphatic heterocycles. The number of anilines is 1. The van der Waals surface area contributed by atoms with Gasteiger partial charge in [0.15, 0.2) is 5.82 Å². The largest absolute Gasteiger partial charge is 0.308 e. The minimum Gasteiger partial charge on any atom is -0.308 e. The second-order valence-corrected chi connectivity index (χ2v) is 5.70. The molecule has 2 rings (SSSR count). The van der Waals surface area contributed by atoms with Crippen molar-refractivity contribution in [1.82, 2.24) is 19.7 Å². The molecule has 6 nitrogen and oxygen atoms in total. The molecule has 2 aromatic rings. The maximum Gasteiger partial charge on any atom is 0.162 e. The fourth-order valence-electron chi connectivity index (χ4n) is 1.73. The number of nitrogen functional groups attached to an aromatic ring is 1. The Kier molecular flexibility index (Phi) is 3.28. The smallest absolute Gasteiger partial charge is 0.162 e. The van der Waals surface area contributed by atoms with Crippen LogP contribution in [-0.4, -0.2) is 19.7 Å². The van der Waals surface area contributed by atoms with Crippen LogP contribution in [-0.2, 0) is 5.41 Å². The number of rotatable bonds is 2. The predicted molar refractivity (Wildman–Crippen MR) is 75.1 cm³/mol. The Bertz CT molecular complexity index is 594. The van der Waals surface area contributed by atoms with Crippen LogP contribution >= 0.6 is 0 Å². The summed E-state index contributed by atoms with van der Waals surface area (Å²) < 4.78 is 1.75. The van der Waals surface area contributed by atoms with Gasteiger partial charge in [0.2, 0.25) is 0 Å². The van der Waals surface area contributed by atoms with Gasteiger partial charge in [-0.2, -0.15) is 5.10 Å². The molecule has 2 heterocycles. The Labute approximate surface area is 113 Å². The number of aryl methyl sites for hydroxylation is 1. The Morgan fingerprint density at radius 1 is 1.21 bits per heavy atom. The molecule has 0 spiro atoms. The van der Waals surface area contributed by atoms with E-state index in [0.717, 1.165) is 22.8 Å². The first-order valence-corrected chi connectivity index (χ1v) is 6.20. The molecule has 3 N–H and O–H groups in total. The average Bonchev–Trinajstić information content (AvgIpc) is 2.74. The van der Waals surface area contributed by atoms with Crippen molar-refractivity contribution in [3.8, 4) is 5.82 Å². The fraction of sp³-hybridized carbons (Fsp3) is 0.462. The monoisotopic (exact) mass is 260 g/mol. The number of nitrogens with one attached hydrogen (secondary N) is 1. The number of hydrazine groups is 1. The van der Waals surface area contributed by atoms with E-state index in [1.807, 2.05) is 20.0 Å². The van der Waals surface area contributed by atoms with E-state index >= 15 is 0 Å². The molecule has 0 bridgehead atoms. The van der Waals surface area contributed by atoms with Crippen LogP contribution in [0.3, 0.4) is 0 Å². The van der Waals surface area contributed by atoms with Gasteiger partial charge in [-0.25, -0.2) is 20.5 Å². The molecular weight excluding hydrogens is 240 g/mol. The van der Waals surface area contributed by atoms with Crippen molar-refractivity contribution in [2.24, 2.45) is 5.84 Å². The Morgan fingerprint density at radius 2 is 1.89 bits per heavy atom. The van der Waals surface area contributed by atoms with Crippen molar-refractivity contribution in [3.05, 3.63) is 29.3 Å². The topological polar surface area (TPSA) is 81.7 Å². The molecule has 0 unspecified atom stereocenters. The molecule has 6 heteroatoms. The molecule has 2 aromatic heterocycles. The second-order valence-electron chi connectivity index (χ2n) is 5.70. The molecule has 19 heavy (non-hydrogen) atoms. The second kappa shape index (κ2) is 4.62. The minimum absolute atomic E-state index is 0.157. The number of nitrogens with two attached hydrogens (primary N) is 1. The van der Waals surface area contributed by atoms with Crippen LogP contribution in [0.5, 0.6) is 0 Å². The van der Waals surface area contributed by atoms with Crippen LogP contribution < -0.4 is 11.3 Å². The Hall–Kier alpha value is -1.95. The summed E-state index contributed by atoms with van der Waals surface area (Å²) >= 11 is 0. The average molecular weight is 260 g/mol. The molecule has 0 atom stereocenters. The van der Waals surface area contributed by atoms with Gasteiger partial charge in [0, 0.05) is 17.2 Å². The molecule has 0 saturated heterocycles. The van der Waals surface area contributed by atoms with Gasteiger partial charge in [-0.1, -0.05) is 20.8 Å². The normalized spacial score (nSPS) is 11.7. The van der Waals surface area contributed by atoms with E-state index in [0.29, 0.717) is 5.82 Å². The fourth-order valence-corrected chi connectivity index (χ4v) is 1.73. The highest BCUT2D eigenvalue weighted by Crippen LogP contribution is 2.24. The van der Waals surface area contributed by atoms with Crippen LogP contribution in [0.25, 0.3) is 5.82 Å². The summed E-state index contributed by atoms with van der Waals surface area (Å²) in [6.45, 7) is 10.1. The first-order chi connectivity index (χ1) is 8.82. The summed E-state index contributed by atoms with van der Waals surface area (Å²) in [5.74, 6) is 7.65. The van der Waals surface area contributed by atoms with E-state index in [2.05, 4.69) is 41.3 Å². The third kappa shape index (κ3) is 2.58. The van der Waals surface area contributed by atoms with E-state index in [-0.39, 0.29) is 5.41 Å². The summed E-state index contributed by atoms with van der Waals surface area (Å²) in [7, 11) is 0. The molecule has 0 amide bonds. The molecule has 0 saturated carbocycles. The number of hydrogen-bond donors (Lipinski definition) is 2. The van der Waals surface area contributed by atoms with Gasteiger partial charge in [0.05, 0.1) is 6.20 Å². The zero-order chi connectivity index (χ0) is 14.2.